The van der Waals surface area contributed by atoms with E-state index in [1.807, 2.05) is 31.7 Å². The average Bonchev–Trinajstić information content (AvgIpc) is 2.75. The predicted molar refractivity (Wildman–Crippen MR) is 122 cm³/mol. The first-order valence-electron chi connectivity index (χ1n) is 10.4. The number of hydrogen-bond acceptors (Lipinski definition) is 5. The normalized spacial score (nSPS) is 12.0. The molecule has 0 unspecified atom stereocenters. The second-order valence-corrected chi connectivity index (χ2v) is 8.75. The number of nitrogens with zero attached hydrogens (tertiary/aromatic N) is 3. The van der Waals surface area contributed by atoms with Crippen LogP contribution < -0.4 is 9.64 Å². The number of anilines is 1. The highest BCUT2D eigenvalue weighted by molar-refractivity contribution is 6.32. The van der Waals surface area contributed by atoms with Crippen LogP contribution in [0.15, 0.2) is 54.9 Å². The molecule has 33 heavy (non-hydrogen) atoms. The van der Waals surface area contributed by atoms with Crippen LogP contribution in [-0.4, -0.2) is 28.0 Å². The molecule has 1 aromatic heterocycles. The van der Waals surface area contributed by atoms with Crippen molar-refractivity contribution < 1.29 is 23.0 Å². The van der Waals surface area contributed by atoms with E-state index < -0.39 is 11.8 Å². The maximum atomic E-state index is 12.5. The van der Waals surface area contributed by atoms with Gasteiger partial charge in [0.1, 0.15) is 11.5 Å². The monoisotopic (exact) mass is 479 g/mol. The maximum Gasteiger partial charge on any atom is 0.573 e. The zero-order valence-electron chi connectivity index (χ0n) is 18.5. The second kappa shape index (κ2) is 9.87. The van der Waals surface area contributed by atoms with Gasteiger partial charge in [-0.05, 0) is 47.4 Å². The van der Waals surface area contributed by atoms with Crippen molar-refractivity contribution in [1.82, 2.24) is 9.97 Å². The van der Waals surface area contributed by atoms with Crippen LogP contribution in [0.4, 0.5) is 19.1 Å². The van der Waals surface area contributed by atoms with Gasteiger partial charge in [-0.25, -0.2) is 9.97 Å². The topological polar surface area (TPSA) is 58.5 Å². The number of aromatic hydroxyl groups is 1. The minimum absolute atomic E-state index is 0.00715. The summed E-state index contributed by atoms with van der Waals surface area (Å²) >= 11 is 6.12. The molecule has 0 fully saturated rings. The molecule has 0 atom stereocenters. The van der Waals surface area contributed by atoms with Crippen molar-refractivity contribution in [3.8, 4) is 11.5 Å². The van der Waals surface area contributed by atoms with E-state index in [4.69, 9.17) is 11.6 Å². The summed E-state index contributed by atoms with van der Waals surface area (Å²) in [6, 6.07) is 10.8. The van der Waals surface area contributed by atoms with Crippen LogP contribution >= 0.6 is 11.6 Å². The second-order valence-electron chi connectivity index (χ2n) is 8.34. The molecule has 2 aromatic carbocycles. The number of benzene rings is 2. The first-order chi connectivity index (χ1) is 15.5. The van der Waals surface area contributed by atoms with E-state index in [0.717, 1.165) is 23.1 Å². The minimum Gasteiger partial charge on any atom is -0.506 e. The number of rotatable bonds is 8. The lowest BCUT2D eigenvalue weighted by atomic mass is 9.84. The van der Waals surface area contributed by atoms with Gasteiger partial charge in [0.05, 0.1) is 5.02 Å². The Bertz CT molecular complexity index is 1070. The smallest absolute Gasteiger partial charge is 0.506 e. The molecule has 5 nitrogen and oxygen atoms in total. The quantitative estimate of drug-likeness (QED) is 0.412. The van der Waals surface area contributed by atoms with Gasteiger partial charge in [0.25, 0.3) is 0 Å². The molecule has 0 saturated carbocycles. The summed E-state index contributed by atoms with van der Waals surface area (Å²) in [6.45, 7) is 6.93. The Kier molecular flexibility index (Phi) is 7.37. The van der Waals surface area contributed by atoms with Crippen molar-refractivity contribution in [1.29, 1.82) is 0 Å². The number of hydrogen-bond donors (Lipinski definition) is 1. The molecule has 3 rings (SSSR count). The van der Waals surface area contributed by atoms with Crippen molar-refractivity contribution >= 4 is 17.5 Å². The number of phenolic OH excluding ortho intramolecular Hbond substituents is 1. The number of ether oxygens (including phenoxy) is 1. The fourth-order valence-electron chi connectivity index (χ4n) is 3.40. The van der Waals surface area contributed by atoms with Gasteiger partial charge in [-0.15, -0.1) is 13.2 Å². The van der Waals surface area contributed by atoms with Crippen molar-refractivity contribution in [3.63, 3.8) is 0 Å². The Morgan fingerprint density at radius 2 is 1.64 bits per heavy atom. The van der Waals surface area contributed by atoms with Gasteiger partial charge in [0, 0.05) is 30.9 Å². The molecule has 0 bridgehead atoms. The van der Waals surface area contributed by atoms with Crippen LogP contribution in [0.2, 0.25) is 5.02 Å². The summed E-state index contributed by atoms with van der Waals surface area (Å²) < 4.78 is 41.4. The van der Waals surface area contributed by atoms with Gasteiger partial charge in [-0.2, -0.15) is 0 Å². The van der Waals surface area contributed by atoms with Gasteiger partial charge in [0.15, 0.2) is 0 Å². The van der Waals surface area contributed by atoms with E-state index in [1.54, 1.807) is 36.7 Å². The largest absolute Gasteiger partial charge is 0.573 e. The summed E-state index contributed by atoms with van der Waals surface area (Å²) in [7, 11) is 0. The molecule has 0 aliphatic rings. The van der Waals surface area contributed by atoms with E-state index in [1.165, 1.54) is 12.1 Å². The van der Waals surface area contributed by atoms with Crippen LogP contribution in [0.5, 0.6) is 11.5 Å². The van der Waals surface area contributed by atoms with Crippen molar-refractivity contribution in [3.05, 3.63) is 76.6 Å². The average molecular weight is 480 g/mol. The Morgan fingerprint density at radius 3 is 2.18 bits per heavy atom. The molecule has 0 amide bonds. The number of halogens is 4. The Balaban J connectivity index is 1.88. The zero-order valence-corrected chi connectivity index (χ0v) is 19.3. The van der Waals surface area contributed by atoms with Crippen LogP contribution in [0.3, 0.4) is 0 Å². The van der Waals surface area contributed by atoms with Crippen molar-refractivity contribution in [2.75, 3.05) is 11.4 Å². The molecule has 0 radical (unpaired) electrons. The zero-order chi connectivity index (χ0) is 24.2. The summed E-state index contributed by atoms with van der Waals surface area (Å²) in [5, 5.41) is 10.0. The van der Waals surface area contributed by atoms with Crippen LogP contribution in [0.1, 0.15) is 37.5 Å². The van der Waals surface area contributed by atoms with Crippen LogP contribution in [0.25, 0.3) is 0 Å². The molecule has 1 N–H and O–H groups in total. The third kappa shape index (κ3) is 6.74. The highest BCUT2D eigenvalue weighted by atomic mass is 35.5. The lowest BCUT2D eigenvalue weighted by Crippen LogP contribution is -2.37. The Hall–Kier alpha value is -3.00. The van der Waals surface area contributed by atoms with E-state index in [-0.39, 0.29) is 16.5 Å². The van der Waals surface area contributed by atoms with Gasteiger partial charge < -0.3 is 14.7 Å². The van der Waals surface area contributed by atoms with E-state index in [9.17, 15) is 18.3 Å². The molecular weight excluding hydrogens is 455 g/mol. The molecule has 9 heteroatoms. The first-order valence-corrected chi connectivity index (χ1v) is 10.7. The summed E-state index contributed by atoms with van der Waals surface area (Å²) in [6.07, 6.45) is -0.406. The van der Waals surface area contributed by atoms with E-state index in [2.05, 4.69) is 14.7 Å². The number of alkyl halides is 3. The Labute approximate surface area is 195 Å². The number of phenols is 1. The van der Waals surface area contributed by atoms with Gasteiger partial charge >= 0.3 is 6.36 Å². The first kappa shape index (κ1) is 24.6. The SMILES string of the molecule is CCc1cnc(N(Cc2ccc(OC(F)(F)F)cc2)CC(C)(C)c2ccc(O)c(Cl)c2)nc1. The predicted octanol–water partition coefficient (Wildman–Crippen LogP) is 6.28. The highest BCUT2D eigenvalue weighted by Crippen LogP contribution is 2.32. The van der Waals surface area contributed by atoms with Crippen molar-refractivity contribution in [2.24, 2.45) is 0 Å². The van der Waals surface area contributed by atoms with Crippen molar-refractivity contribution in [2.45, 2.75) is 45.5 Å². The van der Waals surface area contributed by atoms with Gasteiger partial charge in [0.2, 0.25) is 5.95 Å². The molecule has 0 saturated heterocycles. The minimum atomic E-state index is -4.74. The molecular formula is C24H25ClF3N3O2. The molecule has 176 valence electrons. The Morgan fingerprint density at radius 1 is 1.00 bits per heavy atom. The third-order valence-corrected chi connectivity index (χ3v) is 5.53. The van der Waals surface area contributed by atoms with E-state index in [0.29, 0.717) is 19.0 Å². The molecule has 0 spiro atoms. The summed E-state index contributed by atoms with van der Waals surface area (Å²) in [4.78, 5) is 11.0. The fourth-order valence-corrected chi connectivity index (χ4v) is 3.58. The number of aromatic nitrogens is 2. The molecule has 0 aliphatic carbocycles. The standard InChI is InChI=1S/C24H25ClF3N3O2/c1-4-16-12-29-22(30-13-16)31(14-17-5-8-19(9-6-17)33-24(26,27)28)15-23(2,3)18-7-10-21(32)20(25)11-18/h5-13,32H,4,14-15H2,1-3H3. The highest BCUT2D eigenvalue weighted by Gasteiger charge is 2.31. The fraction of sp³-hybridized carbons (Fsp3) is 0.333. The van der Waals surface area contributed by atoms with Crippen LogP contribution in [-0.2, 0) is 18.4 Å². The molecule has 3 aromatic rings. The third-order valence-electron chi connectivity index (χ3n) is 5.23. The number of aryl methyl sites for hydroxylation is 1. The van der Waals surface area contributed by atoms with Crippen LogP contribution in [0, 0.1) is 0 Å². The van der Waals surface area contributed by atoms with Gasteiger partial charge in [-0.3, -0.25) is 0 Å². The van der Waals surface area contributed by atoms with E-state index >= 15 is 0 Å². The summed E-state index contributed by atoms with van der Waals surface area (Å²) in [5.41, 5.74) is 2.27. The van der Waals surface area contributed by atoms with Gasteiger partial charge in [-0.1, -0.05) is 50.6 Å². The molecule has 1 heterocycles. The summed E-state index contributed by atoms with van der Waals surface area (Å²) in [5.74, 6) is 0.230. The lowest BCUT2D eigenvalue weighted by Gasteiger charge is -2.33. The maximum absolute atomic E-state index is 12.5. The lowest BCUT2D eigenvalue weighted by molar-refractivity contribution is -0.274. The molecule has 0 aliphatic heterocycles.